The monoisotopic (exact) mass is 298 g/mol. The number of ether oxygens (including phenoxy) is 1. The fourth-order valence-corrected chi connectivity index (χ4v) is 5.77. The van der Waals surface area contributed by atoms with Crippen molar-refractivity contribution in [2.24, 2.45) is 0 Å². The minimum Gasteiger partial charge on any atom is -0.497 e. The van der Waals surface area contributed by atoms with Crippen LogP contribution in [0.2, 0.25) is 0 Å². The molecule has 2 atom stereocenters. The lowest BCUT2D eigenvalue weighted by Gasteiger charge is -2.36. The molecule has 2 heterocycles. The smallest absolute Gasteiger partial charge is 0.127 e. The van der Waals surface area contributed by atoms with Crippen molar-refractivity contribution in [1.29, 1.82) is 0 Å². The number of halogens is 1. The third-order valence-electron chi connectivity index (χ3n) is 4.38. The van der Waals surface area contributed by atoms with Crippen molar-refractivity contribution < 1.29 is 18.4 Å². The number of hydrogen-bond donors (Lipinski definition) is 1. The molecule has 2 aliphatic rings. The van der Waals surface area contributed by atoms with Crippen LogP contribution < -0.4 is 4.74 Å². The van der Waals surface area contributed by atoms with E-state index in [2.05, 4.69) is 0 Å². The second-order valence-electron chi connectivity index (χ2n) is 5.96. The molecule has 3 nitrogen and oxygen atoms in total. The highest BCUT2D eigenvalue weighted by Gasteiger charge is 2.47. The van der Waals surface area contributed by atoms with Crippen LogP contribution in [0.25, 0.3) is 0 Å². The van der Waals surface area contributed by atoms with Gasteiger partial charge >= 0.3 is 0 Å². The van der Waals surface area contributed by atoms with E-state index in [0.717, 1.165) is 18.4 Å². The molecule has 0 amide bonds. The number of hydrogen-bond acceptors (Lipinski definition) is 3. The maximum atomic E-state index is 13.5. The van der Waals surface area contributed by atoms with E-state index in [9.17, 15) is 13.7 Å². The number of fused-ring (bicyclic) bond motifs is 2. The summed E-state index contributed by atoms with van der Waals surface area (Å²) < 4.78 is 30.6. The van der Waals surface area contributed by atoms with Gasteiger partial charge in [-0.3, -0.25) is 4.21 Å². The minimum atomic E-state index is -0.863. The Morgan fingerprint density at radius 3 is 2.60 bits per heavy atom. The second-order valence-corrected chi connectivity index (χ2v) is 7.95. The third kappa shape index (κ3) is 2.61. The first kappa shape index (κ1) is 14.0. The van der Waals surface area contributed by atoms with Crippen molar-refractivity contribution in [1.82, 2.24) is 0 Å². The van der Waals surface area contributed by atoms with Crippen LogP contribution in [0.5, 0.6) is 5.75 Å². The maximum absolute atomic E-state index is 13.5. The third-order valence-corrected chi connectivity index (χ3v) is 6.50. The van der Waals surface area contributed by atoms with E-state index in [-0.39, 0.29) is 16.3 Å². The van der Waals surface area contributed by atoms with Crippen LogP contribution in [-0.2, 0) is 17.2 Å². The van der Waals surface area contributed by atoms with Crippen molar-refractivity contribution in [2.75, 3.05) is 7.11 Å². The topological polar surface area (TPSA) is 46.5 Å². The Balaban J connectivity index is 1.80. The maximum Gasteiger partial charge on any atom is 0.127 e. The average Bonchev–Trinajstić information content (AvgIpc) is 2.61. The molecule has 0 saturated carbocycles. The van der Waals surface area contributed by atoms with Crippen LogP contribution in [0.15, 0.2) is 18.2 Å². The Morgan fingerprint density at radius 1 is 1.35 bits per heavy atom. The van der Waals surface area contributed by atoms with Gasteiger partial charge in [-0.05, 0) is 43.4 Å². The molecule has 1 N–H and O–H groups in total. The molecule has 2 saturated heterocycles. The number of aliphatic hydroxyl groups is 1. The summed E-state index contributed by atoms with van der Waals surface area (Å²) in [6, 6.07) is 4.52. The molecule has 110 valence electrons. The van der Waals surface area contributed by atoms with Crippen LogP contribution in [0.4, 0.5) is 4.39 Å². The zero-order valence-electron chi connectivity index (χ0n) is 11.5. The summed E-state index contributed by atoms with van der Waals surface area (Å²) in [7, 11) is 0.705. The predicted molar refractivity (Wildman–Crippen MR) is 75.8 cm³/mol. The molecule has 0 radical (unpaired) electrons. The zero-order valence-corrected chi connectivity index (χ0v) is 12.3. The number of benzene rings is 1. The molecule has 0 spiro atoms. The van der Waals surface area contributed by atoms with E-state index in [4.69, 9.17) is 4.74 Å². The molecular weight excluding hydrogens is 279 g/mol. The molecule has 5 heteroatoms. The first-order valence-electron chi connectivity index (χ1n) is 6.94. The standard InChI is InChI=1S/C15H19FO3S/c1-19-12-5-10(4-11(16)6-12)7-15(17)8-13-2-3-14(9-15)20(13)18/h4-6,13-14,17H,2-3,7-9H2,1H3. The van der Waals surface area contributed by atoms with Crippen molar-refractivity contribution in [3.8, 4) is 5.75 Å². The molecule has 2 aliphatic heterocycles. The van der Waals surface area contributed by atoms with E-state index < -0.39 is 16.4 Å². The second kappa shape index (κ2) is 5.11. The summed E-state index contributed by atoms with van der Waals surface area (Å²) in [5, 5.41) is 11.0. The van der Waals surface area contributed by atoms with Crippen molar-refractivity contribution >= 4 is 10.8 Å². The summed E-state index contributed by atoms with van der Waals surface area (Å²) in [6.45, 7) is 0. The first-order chi connectivity index (χ1) is 9.49. The minimum absolute atomic E-state index is 0.106. The highest BCUT2D eigenvalue weighted by Crippen LogP contribution is 2.42. The van der Waals surface area contributed by atoms with Gasteiger partial charge in [-0.1, -0.05) is 0 Å². The van der Waals surface area contributed by atoms with Gasteiger partial charge in [0.1, 0.15) is 11.6 Å². The first-order valence-corrected chi connectivity index (χ1v) is 8.22. The predicted octanol–water partition coefficient (Wildman–Crippen LogP) is 2.18. The van der Waals surface area contributed by atoms with Gasteiger partial charge in [-0.15, -0.1) is 0 Å². The average molecular weight is 298 g/mol. The molecule has 1 aromatic carbocycles. The molecule has 1 aromatic rings. The molecule has 3 rings (SSSR count). The molecule has 0 aromatic heterocycles. The Bertz CT molecular complexity index is 530. The Morgan fingerprint density at radius 2 is 2.00 bits per heavy atom. The molecule has 2 unspecified atom stereocenters. The van der Waals surface area contributed by atoms with Gasteiger partial charge in [-0.2, -0.15) is 0 Å². The van der Waals surface area contributed by atoms with E-state index in [1.54, 1.807) is 6.07 Å². The van der Waals surface area contributed by atoms with Crippen LogP contribution in [0.1, 0.15) is 31.2 Å². The van der Waals surface area contributed by atoms with Crippen LogP contribution in [0.3, 0.4) is 0 Å². The summed E-state index contributed by atoms with van der Waals surface area (Å²) in [6.07, 6.45) is 3.37. The summed E-state index contributed by atoms with van der Waals surface area (Å²) in [4.78, 5) is 0. The zero-order chi connectivity index (χ0) is 14.3. The molecule has 0 aliphatic carbocycles. The lowest BCUT2D eigenvalue weighted by Crippen LogP contribution is -2.44. The highest BCUT2D eigenvalue weighted by atomic mass is 32.2. The van der Waals surface area contributed by atoms with Gasteiger partial charge < -0.3 is 9.84 Å². The van der Waals surface area contributed by atoms with Gasteiger partial charge in [-0.25, -0.2) is 4.39 Å². The Kier molecular flexibility index (Phi) is 3.58. The van der Waals surface area contributed by atoms with Gasteiger partial charge in [0.05, 0.1) is 12.7 Å². The molecule has 2 bridgehead atoms. The fraction of sp³-hybridized carbons (Fsp3) is 0.600. The van der Waals surface area contributed by atoms with Gasteiger partial charge in [0.25, 0.3) is 0 Å². The van der Waals surface area contributed by atoms with Crippen LogP contribution in [0, 0.1) is 5.82 Å². The van der Waals surface area contributed by atoms with Gasteiger partial charge in [0.15, 0.2) is 0 Å². The van der Waals surface area contributed by atoms with Crippen LogP contribution >= 0.6 is 0 Å². The Labute approximate surface area is 120 Å². The SMILES string of the molecule is COc1cc(F)cc(CC2(O)CC3CCC(C2)S3=O)c1. The molecular formula is C15H19FO3S. The lowest BCUT2D eigenvalue weighted by atomic mass is 9.87. The van der Waals surface area contributed by atoms with E-state index >= 15 is 0 Å². The lowest BCUT2D eigenvalue weighted by molar-refractivity contribution is 0.0230. The van der Waals surface area contributed by atoms with E-state index in [1.807, 2.05) is 0 Å². The largest absolute Gasteiger partial charge is 0.497 e. The van der Waals surface area contributed by atoms with Crippen LogP contribution in [-0.4, -0.2) is 32.5 Å². The summed E-state index contributed by atoms with van der Waals surface area (Å²) >= 11 is 0. The van der Waals surface area contributed by atoms with Gasteiger partial charge in [0.2, 0.25) is 0 Å². The summed E-state index contributed by atoms with van der Waals surface area (Å²) in [5.41, 5.74) is -0.130. The number of rotatable bonds is 3. The molecule has 2 fully saturated rings. The van der Waals surface area contributed by atoms with E-state index in [1.165, 1.54) is 19.2 Å². The fourth-order valence-electron chi connectivity index (χ4n) is 3.54. The molecule has 20 heavy (non-hydrogen) atoms. The highest BCUT2D eigenvalue weighted by molar-refractivity contribution is 7.86. The Hall–Kier alpha value is -0.940. The van der Waals surface area contributed by atoms with Crippen molar-refractivity contribution in [3.63, 3.8) is 0 Å². The quantitative estimate of drug-likeness (QED) is 0.930. The van der Waals surface area contributed by atoms with Crippen molar-refractivity contribution in [2.45, 2.75) is 48.2 Å². The van der Waals surface area contributed by atoms with E-state index in [0.29, 0.717) is 25.0 Å². The van der Waals surface area contributed by atoms with Crippen molar-refractivity contribution in [3.05, 3.63) is 29.6 Å². The number of methoxy groups -OCH3 is 1. The summed E-state index contributed by atoms with van der Waals surface area (Å²) in [5.74, 6) is 0.108. The normalized spacial score (nSPS) is 36.0. The van der Waals surface area contributed by atoms with Gasteiger partial charge in [0, 0.05) is 33.8 Å².